The normalized spacial score (nSPS) is 20.7. The second-order valence-corrected chi connectivity index (χ2v) is 8.73. The molecule has 6 heteroatoms. The molecule has 148 valence electrons. The summed E-state index contributed by atoms with van der Waals surface area (Å²) < 4.78 is 5.71. The van der Waals surface area contributed by atoms with E-state index in [0.717, 1.165) is 44.4 Å². The first-order chi connectivity index (χ1) is 12.9. The first-order valence-electron chi connectivity index (χ1n) is 10.0. The summed E-state index contributed by atoms with van der Waals surface area (Å²) >= 11 is 0. The van der Waals surface area contributed by atoms with Crippen molar-refractivity contribution in [2.24, 2.45) is 5.92 Å². The van der Waals surface area contributed by atoms with Crippen molar-refractivity contribution in [2.75, 3.05) is 24.5 Å². The average molecular weight is 373 g/mol. The molecule has 3 rings (SSSR count). The van der Waals surface area contributed by atoms with Crippen molar-refractivity contribution in [1.29, 1.82) is 0 Å². The summed E-state index contributed by atoms with van der Waals surface area (Å²) in [5, 5.41) is 0. The van der Waals surface area contributed by atoms with Crippen molar-refractivity contribution in [2.45, 2.75) is 64.5 Å². The van der Waals surface area contributed by atoms with Crippen molar-refractivity contribution in [3.8, 4) is 0 Å². The first kappa shape index (κ1) is 19.6. The minimum Gasteiger partial charge on any atom is -0.444 e. The maximum atomic E-state index is 12.9. The van der Waals surface area contributed by atoms with Gasteiger partial charge in [0.15, 0.2) is 6.29 Å². The zero-order chi connectivity index (χ0) is 19.4. The molecular formula is C21H31N3O3. The highest BCUT2D eigenvalue weighted by atomic mass is 16.6. The molecule has 0 unspecified atom stereocenters. The van der Waals surface area contributed by atoms with E-state index in [9.17, 15) is 9.59 Å². The van der Waals surface area contributed by atoms with Crippen molar-refractivity contribution in [3.05, 3.63) is 24.0 Å². The number of ether oxygens (including phenoxy) is 1. The number of piperidine rings is 1. The Balaban J connectivity index is 1.71. The van der Waals surface area contributed by atoms with Crippen LogP contribution in [0.15, 0.2) is 18.3 Å². The predicted octanol–water partition coefficient (Wildman–Crippen LogP) is 3.90. The zero-order valence-corrected chi connectivity index (χ0v) is 16.7. The van der Waals surface area contributed by atoms with Crippen LogP contribution in [0.5, 0.6) is 0 Å². The van der Waals surface area contributed by atoms with Gasteiger partial charge < -0.3 is 14.5 Å². The number of carbonyl (C=O) groups excluding carboxylic acids is 2. The SMILES string of the molecule is CC(C)(C)OC(=O)N(CC1CCC1)[C@@H]1CCCN(c2ccc(C=O)nc2)C1. The number of aromatic nitrogens is 1. The molecule has 0 N–H and O–H groups in total. The number of amides is 1. The number of hydrogen-bond donors (Lipinski definition) is 0. The maximum absolute atomic E-state index is 12.9. The lowest BCUT2D eigenvalue weighted by molar-refractivity contribution is 0.00735. The Kier molecular flexibility index (Phi) is 6.02. The van der Waals surface area contributed by atoms with Crippen LogP contribution in [0, 0.1) is 5.92 Å². The number of carbonyl (C=O) groups is 2. The highest BCUT2D eigenvalue weighted by Gasteiger charge is 2.34. The van der Waals surface area contributed by atoms with E-state index in [0.29, 0.717) is 11.6 Å². The predicted molar refractivity (Wildman–Crippen MR) is 105 cm³/mol. The van der Waals surface area contributed by atoms with Crippen LogP contribution in [-0.4, -0.2) is 53.5 Å². The Bertz CT molecular complexity index is 650. The van der Waals surface area contributed by atoms with E-state index in [-0.39, 0.29) is 12.1 Å². The van der Waals surface area contributed by atoms with E-state index in [1.165, 1.54) is 19.3 Å². The molecule has 1 aromatic rings. The van der Waals surface area contributed by atoms with E-state index < -0.39 is 5.60 Å². The number of aldehydes is 1. The molecule has 1 saturated heterocycles. The van der Waals surface area contributed by atoms with Crippen LogP contribution in [0.4, 0.5) is 10.5 Å². The molecule has 1 aromatic heterocycles. The summed E-state index contributed by atoms with van der Waals surface area (Å²) in [7, 11) is 0. The highest BCUT2D eigenvalue weighted by Crippen LogP contribution is 2.30. The quantitative estimate of drug-likeness (QED) is 0.733. The lowest BCUT2D eigenvalue weighted by Gasteiger charge is -2.42. The van der Waals surface area contributed by atoms with Crippen molar-refractivity contribution >= 4 is 18.1 Å². The Hall–Kier alpha value is -2.11. The van der Waals surface area contributed by atoms with E-state index in [2.05, 4.69) is 9.88 Å². The summed E-state index contributed by atoms with van der Waals surface area (Å²) in [4.78, 5) is 32.1. The van der Waals surface area contributed by atoms with Crippen LogP contribution in [-0.2, 0) is 4.74 Å². The molecule has 0 spiro atoms. The largest absolute Gasteiger partial charge is 0.444 e. The third-order valence-corrected chi connectivity index (χ3v) is 5.40. The molecule has 1 atom stereocenters. The smallest absolute Gasteiger partial charge is 0.410 e. The van der Waals surface area contributed by atoms with Crippen LogP contribution in [0.2, 0.25) is 0 Å². The van der Waals surface area contributed by atoms with Gasteiger partial charge in [-0.05, 0) is 64.5 Å². The fourth-order valence-corrected chi connectivity index (χ4v) is 3.74. The van der Waals surface area contributed by atoms with Crippen LogP contribution < -0.4 is 4.90 Å². The zero-order valence-electron chi connectivity index (χ0n) is 16.7. The molecule has 1 amide bonds. The summed E-state index contributed by atoms with van der Waals surface area (Å²) in [6.07, 6.45) is 7.97. The third kappa shape index (κ3) is 5.21. The molecule has 2 aliphatic rings. The monoisotopic (exact) mass is 373 g/mol. The summed E-state index contributed by atoms with van der Waals surface area (Å²) in [5.74, 6) is 0.599. The van der Waals surface area contributed by atoms with Gasteiger partial charge in [0.25, 0.3) is 0 Å². The van der Waals surface area contributed by atoms with Crippen molar-refractivity contribution in [3.63, 3.8) is 0 Å². The minimum atomic E-state index is -0.488. The molecular weight excluding hydrogens is 342 g/mol. The van der Waals surface area contributed by atoms with Gasteiger partial charge in [0.1, 0.15) is 11.3 Å². The number of pyridine rings is 1. The number of hydrogen-bond acceptors (Lipinski definition) is 5. The Labute approximate surface area is 161 Å². The summed E-state index contributed by atoms with van der Waals surface area (Å²) in [5.41, 5.74) is 0.948. The second-order valence-electron chi connectivity index (χ2n) is 8.73. The van der Waals surface area contributed by atoms with Gasteiger partial charge in [-0.1, -0.05) is 6.42 Å². The molecule has 6 nitrogen and oxygen atoms in total. The van der Waals surface area contributed by atoms with Crippen LogP contribution in [0.3, 0.4) is 0 Å². The molecule has 1 aliphatic carbocycles. The van der Waals surface area contributed by atoms with E-state index in [1.807, 2.05) is 31.7 Å². The van der Waals surface area contributed by atoms with Gasteiger partial charge in [-0.15, -0.1) is 0 Å². The molecule has 1 saturated carbocycles. The molecule has 2 heterocycles. The van der Waals surface area contributed by atoms with Gasteiger partial charge in [-0.3, -0.25) is 9.78 Å². The van der Waals surface area contributed by atoms with Gasteiger partial charge in [-0.25, -0.2) is 4.79 Å². The lowest BCUT2D eigenvalue weighted by atomic mass is 9.84. The molecule has 0 radical (unpaired) electrons. The fraction of sp³-hybridized carbons (Fsp3) is 0.667. The number of rotatable bonds is 5. The van der Waals surface area contributed by atoms with Crippen LogP contribution >= 0.6 is 0 Å². The van der Waals surface area contributed by atoms with E-state index >= 15 is 0 Å². The maximum Gasteiger partial charge on any atom is 0.410 e. The van der Waals surface area contributed by atoms with Gasteiger partial charge in [0, 0.05) is 19.6 Å². The van der Waals surface area contributed by atoms with E-state index in [1.54, 1.807) is 12.3 Å². The molecule has 2 fully saturated rings. The van der Waals surface area contributed by atoms with Gasteiger partial charge >= 0.3 is 6.09 Å². The van der Waals surface area contributed by atoms with E-state index in [4.69, 9.17) is 4.74 Å². The molecule has 0 bridgehead atoms. The fourth-order valence-electron chi connectivity index (χ4n) is 3.74. The highest BCUT2D eigenvalue weighted by molar-refractivity contribution is 5.72. The van der Waals surface area contributed by atoms with Gasteiger partial charge in [0.05, 0.1) is 17.9 Å². The van der Waals surface area contributed by atoms with Crippen LogP contribution in [0.1, 0.15) is 63.4 Å². The summed E-state index contributed by atoms with van der Waals surface area (Å²) in [6.45, 7) is 8.24. The number of nitrogens with zero attached hydrogens (tertiary/aromatic N) is 3. The molecule has 0 aromatic carbocycles. The second kappa shape index (κ2) is 8.28. The molecule has 1 aliphatic heterocycles. The Morgan fingerprint density at radius 2 is 2.07 bits per heavy atom. The van der Waals surface area contributed by atoms with Crippen molar-refractivity contribution in [1.82, 2.24) is 9.88 Å². The van der Waals surface area contributed by atoms with Gasteiger partial charge in [-0.2, -0.15) is 0 Å². The standard InChI is InChI=1S/C21H31N3O3/c1-21(2,3)27-20(26)24(13-16-6-4-7-16)19-8-5-11-23(14-19)18-10-9-17(15-25)22-12-18/h9-10,12,15-16,19H,4-8,11,13-14H2,1-3H3/t19-/m1/s1. The lowest BCUT2D eigenvalue weighted by Crippen LogP contribution is -2.53. The van der Waals surface area contributed by atoms with Gasteiger partial charge in [0.2, 0.25) is 0 Å². The third-order valence-electron chi connectivity index (χ3n) is 5.40. The number of anilines is 1. The Morgan fingerprint density at radius 1 is 1.30 bits per heavy atom. The topological polar surface area (TPSA) is 62.7 Å². The summed E-state index contributed by atoms with van der Waals surface area (Å²) in [6, 6.07) is 3.81. The minimum absolute atomic E-state index is 0.139. The first-order valence-corrected chi connectivity index (χ1v) is 10.0. The van der Waals surface area contributed by atoms with Crippen molar-refractivity contribution < 1.29 is 14.3 Å². The Morgan fingerprint density at radius 3 is 2.63 bits per heavy atom. The molecule has 27 heavy (non-hydrogen) atoms. The van der Waals surface area contributed by atoms with Crippen LogP contribution in [0.25, 0.3) is 0 Å². The average Bonchev–Trinajstić information content (AvgIpc) is 2.59.